The number of hydrogen-bond donors (Lipinski definition) is 1. The van der Waals surface area contributed by atoms with Crippen LogP contribution in [0.25, 0.3) is 11.0 Å². The monoisotopic (exact) mass is 337 g/mol. The molecule has 25 heavy (non-hydrogen) atoms. The number of carbonyl (C=O) groups excluding carboxylic acids is 2. The van der Waals surface area contributed by atoms with Crippen molar-refractivity contribution in [1.82, 2.24) is 5.32 Å². The highest BCUT2D eigenvalue weighted by Crippen LogP contribution is 2.19. The molecule has 128 valence electrons. The summed E-state index contributed by atoms with van der Waals surface area (Å²) in [5, 5.41) is 3.99. The van der Waals surface area contributed by atoms with Gasteiger partial charge in [-0.1, -0.05) is 18.2 Å². The Morgan fingerprint density at radius 1 is 1.08 bits per heavy atom. The zero-order chi connectivity index (χ0) is 17.8. The number of ether oxygens (including phenoxy) is 1. The van der Waals surface area contributed by atoms with Crippen LogP contribution in [-0.4, -0.2) is 25.0 Å². The molecule has 1 atom stereocenters. The fourth-order valence-corrected chi connectivity index (χ4v) is 2.67. The maximum Gasteiger partial charge on any atom is 0.337 e. The Morgan fingerprint density at radius 2 is 1.76 bits per heavy atom. The second-order valence-corrected chi connectivity index (χ2v) is 5.90. The van der Waals surface area contributed by atoms with Crippen molar-refractivity contribution in [2.75, 3.05) is 7.11 Å². The van der Waals surface area contributed by atoms with E-state index in [2.05, 4.69) is 10.1 Å². The summed E-state index contributed by atoms with van der Waals surface area (Å²) in [5.41, 5.74) is 1.74. The topological polar surface area (TPSA) is 68.5 Å². The van der Waals surface area contributed by atoms with Crippen LogP contribution >= 0.6 is 0 Å². The second-order valence-electron chi connectivity index (χ2n) is 5.90. The average Bonchev–Trinajstić information content (AvgIpc) is 3.03. The summed E-state index contributed by atoms with van der Waals surface area (Å²) in [5.74, 6) is 0.209. The van der Waals surface area contributed by atoms with Crippen LogP contribution in [-0.2, 0) is 11.2 Å². The first kappa shape index (κ1) is 16.8. The summed E-state index contributed by atoms with van der Waals surface area (Å²) >= 11 is 0. The number of carbonyl (C=O) groups is 2. The second kappa shape index (κ2) is 7.21. The lowest BCUT2D eigenvalue weighted by Gasteiger charge is -2.12. The van der Waals surface area contributed by atoms with Gasteiger partial charge >= 0.3 is 5.97 Å². The number of rotatable bonds is 5. The van der Waals surface area contributed by atoms with Crippen molar-refractivity contribution in [2.24, 2.45) is 0 Å². The van der Waals surface area contributed by atoms with E-state index >= 15 is 0 Å². The molecular weight excluding hydrogens is 318 g/mol. The smallest absolute Gasteiger partial charge is 0.337 e. The molecule has 3 aromatic rings. The molecule has 1 aromatic heterocycles. The maximum absolute atomic E-state index is 12.3. The van der Waals surface area contributed by atoms with Crippen LogP contribution in [0.15, 0.2) is 59.0 Å². The Balaban J connectivity index is 1.62. The first-order valence-electron chi connectivity index (χ1n) is 8.03. The number of nitrogens with one attached hydrogen (secondary N) is 1. The zero-order valence-corrected chi connectivity index (χ0v) is 14.1. The third kappa shape index (κ3) is 3.88. The van der Waals surface area contributed by atoms with Gasteiger partial charge in [-0.05, 0) is 43.3 Å². The van der Waals surface area contributed by atoms with Crippen LogP contribution in [0.2, 0.25) is 0 Å². The Hall–Kier alpha value is -3.08. The number of fused-ring (bicyclic) bond motifs is 1. The number of benzene rings is 2. The van der Waals surface area contributed by atoms with Gasteiger partial charge in [0.15, 0.2) is 0 Å². The Kier molecular flexibility index (Phi) is 4.84. The Labute approximate surface area is 145 Å². The average molecular weight is 337 g/mol. The molecule has 0 aliphatic heterocycles. The predicted octanol–water partition coefficient (Wildman–Crippen LogP) is 3.58. The lowest BCUT2D eigenvalue weighted by atomic mass is 10.1. The molecule has 1 N–H and O–H groups in total. The molecule has 0 saturated carbocycles. The van der Waals surface area contributed by atoms with Gasteiger partial charge in [-0.15, -0.1) is 0 Å². The minimum absolute atomic E-state index is 0.0895. The van der Waals surface area contributed by atoms with E-state index in [-0.39, 0.29) is 11.9 Å². The van der Waals surface area contributed by atoms with E-state index in [9.17, 15) is 9.59 Å². The first-order chi connectivity index (χ1) is 12.1. The molecule has 5 heteroatoms. The van der Waals surface area contributed by atoms with E-state index in [1.165, 1.54) is 7.11 Å². The van der Waals surface area contributed by atoms with Gasteiger partial charge in [0.1, 0.15) is 11.3 Å². The number of amides is 1. The van der Waals surface area contributed by atoms with E-state index in [4.69, 9.17) is 4.42 Å². The van der Waals surface area contributed by atoms with E-state index in [0.29, 0.717) is 17.5 Å². The summed E-state index contributed by atoms with van der Waals surface area (Å²) in [6.45, 7) is 1.92. The van der Waals surface area contributed by atoms with E-state index < -0.39 is 5.97 Å². The van der Waals surface area contributed by atoms with Crippen molar-refractivity contribution in [3.05, 3.63) is 71.5 Å². The van der Waals surface area contributed by atoms with Gasteiger partial charge in [0.2, 0.25) is 0 Å². The fourth-order valence-electron chi connectivity index (χ4n) is 2.67. The molecule has 5 nitrogen and oxygen atoms in total. The molecule has 0 aliphatic carbocycles. The lowest BCUT2D eigenvalue weighted by molar-refractivity contribution is 0.0600. The van der Waals surface area contributed by atoms with E-state index in [1.54, 1.807) is 24.3 Å². The summed E-state index contributed by atoms with van der Waals surface area (Å²) in [4.78, 5) is 23.7. The van der Waals surface area contributed by atoms with Crippen molar-refractivity contribution < 1.29 is 18.7 Å². The van der Waals surface area contributed by atoms with Crippen molar-refractivity contribution in [2.45, 2.75) is 19.4 Å². The zero-order valence-electron chi connectivity index (χ0n) is 14.1. The molecule has 0 radical (unpaired) electrons. The molecular formula is C20H19NO4. The van der Waals surface area contributed by atoms with Crippen LogP contribution in [0.3, 0.4) is 0 Å². The van der Waals surface area contributed by atoms with Crippen molar-refractivity contribution in [3.63, 3.8) is 0 Å². The van der Waals surface area contributed by atoms with Gasteiger partial charge in [-0.25, -0.2) is 4.79 Å². The summed E-state index contributed by atoms with van der Waals surface area (Å²) < 4.78 is 10.4. The first-order valence-corrected chi connectivity index (χ1v) is 8.03. The third-order valence-electron chi connectivity index (χ3n) is 3.93. The molecule has 0 unspecified atom stereocenters. The normalized spacial score (nSPS) is 11.9. The van der Waals surface area contributed by atoms with Gasteiger partial charge in [0.05, 0.1) is 12.7 Å². The number of para-hydroxylation sites is 1. The van der Waals surface area contributed by atoms with Crippen molar-refractivity contribution in [1.29, 1.82) is 0 Å². The van der Waals surface area contributed by atoms with Crippen LogP contribution in [0.4, 0.5) is 0 Å². The Bertz CT molecular complexity index is 862. The van der Waals surface area contributed by atoms with Gasteiger partial charge < -0.3 is 14.5 Å². The molecule has 2 aromatic carbocycles. The van der Waals surface area contributed by atoms with E-state index in [1.807, 2.05) is 37.3 Å². The van der Waals surface area contributed by atoms with Crippen LogP contribution in [0, 0.1) is 0 Å². The molecule has 0 saturated heterocycles. The van der Waals surface area contributed by atoms with Crippen molar-refractivity contribution in [3.8, 4) is 0 Å². The number of methoxy groups -OCH3 is 1. The predicted molar refractivity (Wildman–Crippen MR) is 94.6 cm³/mol. The lowest BCUT2D eigenvalue weighted by Crippen LogP contribution is -2.34. The Morgan fingerprint density at radius 3 is 2.44 bits per heavy atom. The summed E-state index contributed by atoms with van der Waals surface area (Å²) in [7, 11) is 1.32. The highest BCUT2D eigenvalue weighted by atomic mass is 16.5. The highest BCUT2D eigenvalue weighted by Gasteiger charge is 2.13. The van der Waals surface area contributed by atoms with Gasteiger partial charge in [-0.2, -0.15) is 0 Å². The fraction of sp³-hybridized carbons (Fsp3) is 0.200. The summed E-state index contributed by atoms with van der Waals surface area (Å²) in [6, 6.07) is 16.1. The van der Waals surface area contributed by atoms with Crippen LogP contribution in [0.1, 0.15) is 33.4 Å². The third-order valence-corrected chi connectivity index (χ3v) is 3.93. The molecule has 0 bridgehead atoms. The molecule has 3 rings (SSSR count). The van der Waals surface area contributed by atoms with Gasteiger partial charge in [0, 0.05) is 23.4 Å². The number of esters is 1. The molecule has 0 fully saturated rings. The maximum atomic E-state index is 12.3. The molecule has 0 aliphatic rings. The van der Waals surface area contributed by atoms with Gasteiger partial charge in [-0.3, -0.25) is 4.79 Å². The SMILES string of the molecule is COC(=O)c1ccc(C(=O)N[C@H](C)Cc2cc3ccccc3o2)cc1. The molecule has 0 spiro atoms. The highest BCUT2D eigenvalue weighted by molar-refractivity contribution is 5.96. The minimum Gasteiger partial charge on any atom is -0.465 e. The minimum atomic E-state index is -0.426. The summed E-state index contributed by atoms with van der Waals surface area (Å²) in [6.07, 6.45) is 0.598. The van der Waals surface area contributed by atoms with Crippen LogP contribution in [0.5, 0.6) is 0 Å². The van der Waals surface area contributed by atoms with Crippen molar-refractivity contribution >= 4 is 22.8 Å². The quantitative estimate of drug-likeness (QED) is 0.723. The number of furan rings is 1. The van der Waals surface area contributed by atoms with Gasteiger partial charge in [0.25, 0.3) is 5.91 Å². The molecule has 1 amide bonds. The van der Waals surface area contributed by atoms with E-state index in [0.717, 1.165) is 16.7 Å². The standard InChI is InChI=1S/C20H19NO4/c1-13(11-17-12-16-5-3-4-6-18(16)25-17)21-19(22)14-7-9-15(10-8-14)20(23)24-2/h3-10,12-13H,11H2,1-2H3,(H,21,22)/t13-/m1/s1. The van der Waals surface area contributed by atoms with Crippen LogP contribution < -0.4 is 5.32 Å². The molecule has 1 heterocycles. The number of hydrogen-bond acceptors (Lipinski definition) is 4. The largest absolute Gasteiger partial charge is 0.465 e.